The fourth-order valence-corrected chi connectivity index (χ4v) is 1.96. The molecule has 1 aliphatic carbocycles. The minimum atomic E-state index is 0.131. The van der Waals surface area contributed by atoms with Crippen LogP contribution in [-0.4, -0.2) is 29.4 Å². The van der Waals surface area contributed by atoms with E-state index in [9.17, 15) is 4.79 Å². The van der Waals surface area contributed by atoms with Crippen LogP contribution in [0.15, 0.2) is 24.3 Å². The van der Waals surface area contributed by atoms with Gasteiger partial charge in [0, 0.05) is 24.3 Å². The van der Waals surface area contributed by atoms with E-state index in [1.165, 1.54) is 5.56 Å². The lowest BCUT2D eigenvalue weighted by molar-refractivity contribution is -0.123. The first-order valence-electron chi connectivity index (χ1n) is 6.92. The summed E-state index contributed by atoms with van der Waals surface area (Å²) in [5.41, 5.74) is 7.63. The van der Waals surface area contributed by atoms with Crippen LogP contribution >= 0.6 is 0 Å². The lowest BCUT2D eigenvalue weighted by Crippen LogP contribution is -2.41. The van der Waals surface area contributed by atoms with Crippen molar-refractivity contribution in [3.05, 3.63) is 29.8 Å². The van der Waals surface area contributed by atoms with Crippen molar-refractivity contribution in [2.45, 2.75) is 45.3 Å². The minimum Gasteiger partial charge on any atom is -0.399 e. The third-order valence-corrected chi connectivity index (χ3v) is 3.38. The van der Waals surface area contributed by atoms with Crippen molar-refractivity contribution in [2.24, 2.45) is 0 Å². The van der Waals surface area contributed by atoms with Gasteiger partial charge >= 0.3 is 0 Å². The molecule has 19 heavy (non-hydrogen) atoms. The maximum absolute atomic E-state index is 11.9. The molecule has 1 aliphatic rings. The van der Waals surface area contributed by atoms with Gasteiger partial charge in [-0.25, -0.2) is 0 Å². The molecule has 0 bridgehead atoms. The van der Waals surface area contributed by atoms with Gasteiger partial charge in [0.15, 0.2) is 0 Å². The fourth-order valence-electron chi connectivity index (χ4n) is 1.96. The number of carbonyl (C=O) groups excluding carboxylic acids is 1. The smallest absolute Gasteiger partial charge is 0.234 e. The molecule has 0 radical (unpaired) electrons. The minimum absolute atomic E-state index is 0.131. The summed E-state index contributed by atoms with van der Waals surface area (Å²) in [5, 5.41) is 3.03. The summed E-state index contributed by atoms with van der Waals surface area (Å²) in [6.45, 7) is 5.46. The molecule has 0 aromatic heterocycles. The van der Waals surface area contributed by atoms with E-state index in [0.29, 0.717) is 18.6 Å². The van der Waals surface area contributed by atoms with Gasteiger partial charge in [-0.3, -0.25) is 9.69 Å². The zero-order valence-corrected chi connectivity index (χ0v) is 11.7. The van der Waals surface area contributed by atoms with Crippen molar-refractivity contribution in [1.82, 2.24) is 10.2 Å². The Kier molecular flexibility index (Phi) is 4.43. The molecule has 0 saturated heterocycles. The number of carbonyl (C=O) groups is 1. The average molecular weight is 261 g/mol. The molecule has 0 atom stereocenters. The average Bonchev–Trinajstić information content (AvgIpc) is 3.14. The number of hydrogen-bond donors (Lipinski definition) is 2. The molecule has 0 heterocycles. The van der Waals surface area contributed by atoms with Crippen LogP contribution in [0.1, 0.15) is 32.3 Å². The summed E-state index contributed by atoms with van der Waals surface area (Å²) in [7, 11) is 0. The van der Waals surface area contributed by atoms with Crippen LogP contribution in [0.4, 0.5) is 5.69 Å². The lowest BCUT2D eigenvalue weighted by atomic mass is 10.1. The van der Waals surface area contributed by atoms with Gasteiger partial charge < -0.3 is 11.1 Å². The first-order valence-corrected chi connectivity index (χ1v) is 6.92. The lowest BCUT2D eigenvalue weighted by Gasteiger charge is -2.26. The van der Waals surface area contributed by atoms with Crippen molar-refractivity contribution in [3.8, 4) is 0 Å². The van der Waals surface area contributed by atoms with Crippen LogP contribution in [0, 0.1) is 0 Å². The first kappa shape index (κ1) is 13.9. The topological polar surface area (TPSA) is 58.4 Å². The second kappa shape index (κ2) is 6.06. The van der Waals surface area contributed by atoms with Crippen molar-refractivity contribution >= 4 is 11.6 Å². The van der Waals surface area contributed by atoms with Gasteiger partial charge in [0.05, 0.1) is 6.54 Å². The Hall–Kier alpha value is -1.55. The van der Waals surface area contributed by atoms with E-state index in [4.69, 9.17) is 5.73 Å². The van der Waals surface area contributed by atoms with Crippen LogP contribution in [-0.2, 0) is 11.3 Å². The van der Waals surface area contributed by atoms with E-state index >= 15 is 0 Å². The number of amides is 1. The molecule has 1 aromatic rings. The molecule has 104 valence electrons. The molecule has 2 rings (SSSR count). The molecule has 0 spiro atoms. The van der Waals surface area contributed by atoms with Crippen LogP contribution in [0.3, 0.4) is 0 Å². The third-order valence-electron chi connectivity index (χ3n) is 3.38. The molecule has 1 amide bonds. The molecule has 4 heteroatoms. The molecule has 1 aromatic carbocycles. The van der Waals surface area contributed by atoms with Gasteiger partial charge in [0.2, 0.25) is 5.91 Å². The van der Waals surface area contributed by atoms with E-state index in [1.807, 2.05) is 24.3 Å². The van der Waals surface area contributed by atoms with Gasteiger partial charge in [-0.15, -0.1) is 0 Å². The summed E-state index contributed by atoms with van der Waals surface area (Å²) >= 11 is 0. The Morgan fingerprint density at radius 1 is 1.37 bits per heavy atom. The maximum Gasteiger partial charge on any atom is 0.234 e. The van der Waals surface area contributed by atoms with Gasteiger partial charge in [0.25, 0.3) is 0 Å². The molecule has 4 nitrogen and oxygen atoms in total. The van der Waals surface area contributed by atoms with E-state index in [1.54, 1.807) is 0 Å². The van der Waals surface area contributed by atoms with Gasteiger partial charge in [-0.2, -0.15) is 0 Å². The van der Waals surface area contributed by atoms with Crippen molar-refractivity contribution in [3.63, 3.8) is 0 Å². The monoisotopic (exact) mass is 261 g/mol. The molecule has 1 saturated carbocycles. The highest BCUT2D eigenvalue weighted by Gasteiger charge is 2.24. The summed E-state index contributed by atoms with van der Waals surface area (Å²) < 4.78 is 0. The van der Waals surface area contributed by atoms with Crippen LogP contribution in [0.5, 0.6) is 0 Å². The predicted molar refractivity (Wildman–Crippen MR) is 77.6 cm³/mol. The summed E-state index contributed by atoms with van der Waals surface area (Å²) in [5.74, 6) is 0.131. The second-order valence-electron chi connectivity index (χ2n) is 5.58. The van der Waals surface area contributed by atoms with E-state index in [0.717, 1.165) is 25.1 Å². The molecular weight excluding hydrogens is 238 g/mol. The number of rotatable bonds is 6. The number of nitrogen functional groups attached to an aromatic ring is 1. The Morgan fingerprint density at radius 2 is 2.00 bits per heavy atom. The predicted octanol–water partition coefficient (Wildman–Crippen LogP) is 1.76. The summed E-state index contributed by atoms with van der Waals surface area (Å²) in [6, 6.07) is 8.60. The van der Waals surface area contributed by atoms with Gasteiger partial charge in [-0.05, 0) is 44.4 Å². The molecular formula is C15H23N3O. The molecule has 0 unspecified atom stereocenters. The number of anilines is 1. The standard InChI is InChI=1S/C15H23N3O/c1-11(2)18(10-15(19)17-14-7-8-14)9-12-3-5-13(16)6-4-12/h3-6,11,14H,7-10,16H2,1-2H3,(H,17,19). The largest absolute Gasteiger partial charge is 0.399 e. The Balaban J connectivity index is 1.91. The van der Waals surface area contributed by atoms with E-state index in [2.05, 4.69) is 24.1 Å². The van der Waals surface area contributed by atoms with E-state index < -0.39 is 0 Å². The zero-order chi connectivity index (χ0) is 13.8. The van der Waals surface area contributed by atoms with Crippen molar-refractivity contribution in [1.29, 1.82) is 0 Å². The Labute approximate surface area is 115 Å². The highest BCUT2D eigenvalue weighted by molar-refractivity contribution is 5.78. The first-order chi connectivity index (χ1) is 9.04. The number of nitrogens with two attached hydrogens (primary N) is 1. The molecule has 0 aliphatic heterocycles. The maximum atomic E-state index is 11.9. The Bertz CT molecular complexity index is 424. The summed E-state index contributed by atoms with van der Waals surface area (Å²) in [4.78, 5) is 14.0. The normalized spacial score (nSPS) is 14.9. The van der Waals surface area contributed by atoms with E-state index in [-0.39, 0.29) is 5.91 Å². The highest BCUT2D eigenvalue weighted by atomic mass is 16.2. The number of benzene rings is 1. The Morgan fingerprint density at radius 3 is 2.53 bits per heavy atom. The van der Waals surface area contributed by atoms with Crippen molar-refractivity contribution < 1.29 is 4.79 Å². The van der Waals surface area contributed by atoms with Crippen LogP contribution in [0.2, 0.25) is 0 Å². The third kappa shape index (κ3) is 4.56. The second-order valence-corrected chi connectivity index (χ2v) is 5.58. The van der Waals surface area contributed by atoms with Gasteiger partial charge in [0.1, 0.15) is 0 Å². The van der Waals surface area contributed by atoms with Crippen LogP contribution in [0.25, 0.3) is 0 Å². The van der Waals surface area contributed by atoms with Crippen molar-refractivity contribution in [2.75, 3.05) is 12.3 Å². The number of nitrogens with zero attached hydrogens (tertiary/aromatic N) is 1. The van der Waals surface area contributed by atoms with Crippen LogP contribution < -0.4 is 11.1 Å². The summed E-state index contributed by atoms with van der Waals surface area (Å²) in [6.07, 6.45) is 2.26. The molecule has 3 N–H and O–H groups in total. The van der Waals surface area contributed by atoms with Gasteiger partial charge in [-0.1, -0.05) is 12.1 Å². The molecule has 1 fully saturated rings. The number of hydrogen-bond acceptors (Lipinski definition) is 3. The highest BCUT2D eigenvalue weighted by Crippen LogP contribution is 2.18. The number of nitrogens with one attached hydrogen (secondary N) is 1. The zero-order valence-electron chi connectivity index (χ0n) is 11.7. The SMILES string of the molecule is CC(C)N(CC(=O)NC1CC1)Cc1ccc(N)cc1. The fraction of sp³-hybridized carbons (Fsp3) is 0.533. The quantitative estimate of drug-likeness (QED) is 0.767.